The van der Waals surface area contributed by atoms with Gasteiger partial charge < -0.3 is 46.5 Å². The summed E-state index contributed by atoms with van der Waals surface area (Å²) in [6.07, 6.45) is 1.47. The van der Waals surface area contributed by atoms with Crippen LogP contribution in [0.5, 0.6) is 5.75 Å². The standard InChI is InChI=1S/C25H40N6O8/c1-18(33)28-9-4-3-8-21(31-17-32)25(36)30-11-10-29-24(35)19-6-5-7-20(14-19)39-15-22(26)38-13-12-37-16-23(34)27-2/h5-7,14,17,21-22H,3-4,8-13,15-16,26H2,1-2H3,(H,27,34)(H,28,33)(H,29,35)(H,30,36)(H,31,32). The van der Waals surface area contributed by atoms with E-state index in [2.05, 4.69) is 26.6 Å². The number of hydrogen-bond acceptors (Lipinski definition) is 9. The molecule has 0 saturated carbocycles. The van der Waals surface area contributed by atoms with Crippen molar-refractivity contribution in [2.24, 2.45) is 5.73 Å². The van der Waals surface area contributed by atoms with Crippen molar-refractivity contribution in [3.63, 3.8) is 0 Å². The van der Waals surface area contributed by atoms with Crippen molar-refractivity contribution in [1.82, 2.24) is 26.6 Å². The number of benzene rings is 1. The smallest absolute Gasteiger partial charge is 0.251 e. The summed E-state index contributed by atoms with van der Waals surface area (Å²) in [5, 5.41) is 13.0. The Balaban J connectivity index is 2.33. The Morgan fingerprint density at radius 2 is 1.79 bits per heavy atom. The van der Waals surface area contributed by atoms with E-state index in [9.17, 15) is 24.0 Å². The number of amides is 5. The molecule has 0 fully saturated rings. The Morgan fingerprint density at radius 1 is 1.03 bits per heavy atom. The van der Waals surface area contributed by atoms with Crippen LogP contribution in [0.25, 0.3) is 0 Å². The quantitative estimate of drug-likeness (QED) is 0.0590. The fraction of sp³-hybridized carbons (Fsp3) is 0.560. The molecule has 0 aromatic heterocycles. The predicted octanol–water partition coefficient (Wildman–Crippen LogP) is -1.60. The Kier molecular flexibility index (Phi) is 17.3. The maximum Gasteiger partial charge on any atom is 0.251 e. The van der Waals surface area contributed by atoms with E-state index < -0.39 is 12.3 Å². The van der Waals surface area contributed by atoms with Crippen molar-refractivity contribution in [3.8, 4) is 5.75 Å². The number of ether oxygens (including phenoxy) is 3. The molecular formula is C25H40N6O8. The minimum atomic E-state index is -0.732. The van der Waals surface area contributed by atoms with Crippen LogP contribution in [0, 0.1) is 0 Å². The van der Waals surface area contributed by atoms with Gasteiger partial charge in [-0.15, -0.1) is 0 Å². The molecule has 14 heteroatoms. The molecule has 2 atom stereocenters. The van der Waals surface area contributed by atoms with Crippen molar-refractivity contribution < 1.29 is 38.2 Å². The first-order valence-electron chi connectivity index (χ1n) is 12.6. The maximum absolute atomic E-state index is 12.5. The van der Waals surface area contributed by atoms with Gasteiger partial charge in [0.25, 0.3) is 5.91 Å². The number of rotatable bonds is 21. The fourth-order valence-electron chi connectivity index (χ4n) is 3.15. The zero-order chi connectivity index (χ0) is 28.9. The summed E-state index contributed by atoms with van der Waals surface area (Å²) in [7, 11) is 1.52. The summed E-state index contributed by atoms with van der Waals surface area (Å²) in [4.78, 5) is 57.6. The number of hydrogen-bond donors (Lipinski definition) is 6. The number of carbonyl (C=O) groups excluding carboxylic acids is 5. The van der Waals surface area contributed by atoms with Crippen molar-refractivity contribution in [3.05, 3.63) is 29.8 Å². The lowest BCUT2D eigenvalue weighted by atomic mass is 10.1. The number of nitrogens with one attached hydrogen (secondary N) is 5. The second-order valence-electron chi connectivity index (χ2n) is 8.34. The van der Waals surface area contributed by atoms with E-state index in [0.29, 0.717) is 43.5 Å². The van der Waals surface area contributed by atoms with Crippen LogP contribution in [0.2, 0.25) is 0 Å². The SMILES string of the molecule is CNC(=O)COCCOC(N)COc1cccc(C(=O)NCCNC(=O)C(CCCCNC(C)=O)NC=O)c1. The lowest BCUT2D eigenvalue weighted by Gasteiger charge is -2.16. The molecule has 5 amide bonds. The van der Waals surface area contributed by atoms with Crippen molar-refractivity contribution in [2.45, 2.75) is 38.5 Å². The highest BCUT2D eigenvalue weighted by atomic mass is 16.6. The van der Waals surface area contributed by atoms with E-state index in [0.717, 1.165) is 0 Å². The molecule has 0 aliphatic carbocycles. The third-order valence-corrected chi connectivity index (χ3v) is 5.17. The molecule has 2 unspecified atom stereocenters. The minimum absolute atomic E-state index is 0.0375. The van der Waals surface area contributed by atoms with E-state index in [-0.39, 0.29) is 63.1 Å². The van der Waals surface area contributed by atoms with Crippen molar-refractivity contribution in [2.75, 3.05) is 53.1 Å². The molecule has 1 rings (SSSR count). The predicted molar refractivity (Wildman–Crippen MR) is 142 cm³/mol. The molecule has 1 aromatic carbocycles. The van der Waals surface area contributed by atoms with Crippen LogP contribution in [-0.4, -0.2) is 95.4 Å². The van der Waals surface area contributed by atoms with Crippen LogP contribution in [0.15, 0.2) is 24.3 Å². The Bertz CT molecular complexity index is 916. The molecule has 1 aromatic rings. The van der Waals surface area contributed by atoms with E-state index in [1.165, 1.54) is 14.0 Å². The van der Waals surface area contributed by atoms with Crippen LogP contribution >= 0.6 is 0 Å². The molecule has 0 heterocycles. The highest BCUT2D eigenvalue weighted by molar-refractivity contribution is 5.94. The third-order valence-electron chi connectivity index (χ3n) is 5.17. The van der Waals surface area contributed by atoms with E-state index >= 15 is 0 Å². The molecule has 0 bridgehead atoms. The Labute approximate surface area is 228 Å². The first kappa shape index (κ1) is 33.3. The zero-order valence-corrected chi connectivity index (χ0v) is 22.5. The summed E-state index contributed by atoms with van der Waals surface area (Å²) in [6.45, 7) is 2.63. The summed E-state index contributed by atoms with van der Waals surface area (Å²) in [5.74, 6) is -0.650. The van der Waals surface area contributed by atoms with Gasteiger partial charge in [0.1, 0.15) is 31.2 Å². The zero-order valence-electron chi connectivity index (χ0n) is 22.5. The average Bonchev–Trinajstić information content (AvgIpc) is 2.92. The summed E-state index contributed by atoms with van der Waals surface area (Å²) in [6, 6.07) is 5.80. The van der Waals surface area contributed by atoms with Gasteiger partial charge in [-0.3, -0.25) is 24.0 Å². The molecule has 0 saturated heterocycles. The molecule has 0 radical (unpaired) electrons. The fourth-order valence-corrected chi connectivity index (χ4v) is 3.15. The van der Waals surface area contributed by atoms with Gasteiger partial charge in [-0.05, 0) is 37.5 Å². The summed E-state index contributed by atoms with van der Waals surface area (Å²) in [5.41, 5.74) is 6.21. The lowest BCUT2D eigenvalue weighted by Crippen LogP contribution is -2.45. The first-order valence-corrected chi connectivity index (χ1v) is 12.6. The second kappa shape index (κ2) is 20.2. The normalized spacial score (nSPS) is 12.0. The molecule has 0 spiro atoms. The Morgan fingerprint density at radius 3 is 2.51 bits per heavy atom. The molecule has 14 nitrogen and oxygen atoms in total. The van der Waals surface area contributed by atoms with Gasteiger partial charge in [0.15, 0.2) is 0 Å². The highest BCUT2D eigenvalue weighted by Crippen LogP contribution is 2.13. The Hall–Kier alpha value is -3.75. The summed E-state index contributed by atoms with van der Waals surface area (Å²) >= 11 is 0. The third kappa shape index (κ3) is 16.0. The molecule has 39 heavy (non-hydrogen) atoms. The van der Waals surface area contributed by atoms with Gasteiger partial charge in [0, 0.05) is 39.2 Å². The average molecular weight is 553 g/mol. The van der Waals surface area contributed by atoms with Crippen LogP contribution in [0.3, 0.4) is 0 Å². The maximum atomic E-state index is 12.5. The van der Waals surface area contributed by atoms with Gasteiger partial charge in [-0.25, -0.2) is 0 Å². The van der Waals surface area contributed by atoms with Gasteiger partial charge in [0.05, 0.1) is 13.2 Å². The topological polar surface area (TPSA) is 199 Å². The van der Waals surface area contributed by atoms with E-state index in [4.69, 9.17) is 19.9 Å². The van der Waals surface area contributed by atoms with Crippen LogP contribution in [-0.2, 0) is 28.7 Å². The van der Waals surface area contributed by atoms with Gasteiger partial charge >= 0.3 is 0 Å². The minimum Gasteiger partial charge on any atom is -0.489 e. The highest BCUT2D eigenvalue weighted by Gasteiger charge is 2.17. The van der Waals surface area contributed by atoms with E-state index in [1.807, 2.05) is 0 Å². The van der Waals surface area contributed by atoms with Gasteiger partial charge in [0.2, 0.25) is 24.1 Å². The van der Waals surface area contributed by atoms with Gasteiger partial charge in [-0.1, -0.05) is 6.07 Å². The first-order chi connectivity index (χ1) is 18.8. The molecular weight excluding hydrogens is 512 g/mol. The molecule has 218 valence electrons. The van der Waals surface area contributed by atoms with Crippen molar-refractivity contribution in [1.29, 1.82) is 0 Å². The largest absolute Gasteiger partial charge is 0.489 e. The van der Waals surface area contributed by atoms with Crippen LogP contribution < -0.4 is 37.1 Å². The molecule has 7 N–H and O–H groups in total. The number of likely N-dealkylation sites (N-methyl/N-ethyl adjacent to an activating group) is 1. The number of unbranched alkanes of at least 4 members (excludes halogenated alkanes) is 1. The summed E-state index contributed by atoms with van der Waals surface area (Å²) < 4.78 is 16.1. The molecule has 0 aliphatic rings. The lowest BCUT2D eigenvalue weighted by molar-refractivity contribution is -0.126. The van der Waals surface area contributed by atoms with Crippen LogP contribution in [0.4, 0.5) is 0 Å². The van der Waals surface area contributed by atoms with Gasteiger partial charge in [-0.2, -0.15) is 0 Å². The van der Waals surface area contributed by atoms with Crippen LogP contribution in [0.1, 0.15) is 36.5 Å². The monoisotopic (exact) mass is 552 g/mol. The van der Waals surface area contributed by atoms with E-state index in [1.54, 1.807) is 24.3 Å². The number of carbonyl (C=O) groups is 5. The molecule has 0 aliphatic heterocycles. The number of nitrogens with two attached hydrogens (primary N) is 1. The van der Waals surface area contributed by atoms with Crippen molar-refractivity contribution >= 4 is 30.0 Å². The second-order valence-corrected chi connectivity index (χ2v) is 8.34.